The van der Waals surface area contributed by atoms with Gasteiger partial charge in [-0.15, -0.1) is 0 Å². The van der Waals surface area contributed by atoms with Crippen molar-refractivity contribution in [2.45, 2.75) is 61.8 Å². The summed E-state index contributed by atoms with van der Waals surface area (Å²) in [6.07, 6.45) is 9.62. The van der Waals surface area contributed by atoms with Gasteiger partial charge in [0, 0.05) is 6.07 Å². The second kappa shape index (κ2) is 11.7. The van der Waals surface area contributed by atoms with Crippen molar-refractivity contribution in [1.82, 2.24) is 0 Å². The van der Waals surface area contributed by atoms with E-state index in [9.17, 15) is 0 Å². The number of hydrogen-bond donors (Lipinski definition) is 0. The first-order valence-corrected chi connectivity index (χ1v) is 12.0. The molecule has 0 spiro atoms. The van der Waals surface area contributed by atoms with E-state index >= 15 is 0 Å². The molecule has 0 fully saturated rings. The summed E-state index contributed by atoms with van der Waals surface area (Å²) in [6.45, 7) is 21.6. The van der Waals surface area contributed by atoms with E-state index < -0.39 is 0 Å². The van der Waals surface area contributed by atoms with Crippen molar-refractivity contribution in [3.05, 3.63) is 70.4 Å². The third-order valence-corrected chi connectivity index (χ3v) is 6.42. The van der Waals surface area contributed by atoms with E-state index in [1.54, 1.807) is 21.1 Å². The minimum absolute atomic E-state index is 0.0284. The monoisotopic (exact) mass is 443 g/mol. The van der Waals surface area contributed by atoms with Crippen molar-refractivity contribution in [3.8, 4) is 11.5 Å². The third kappa shape index (κ3) is 9.45. The molecule has 3 heteroatoms. The van der Waals surface area contributed by atoms with Crippen LogP contribution in [0.1, 0.15) is 61.8 Å². The average Bonchev–Trinajstić information content (AvgIpc) is 3.10. The van der Waals surface area contributed by atoms with Gasteiger partial charge in [0.25, 0.3) is 0 Å². The summed E-state index contributed by atoms with van der Waals surface area (Å²) in [6, 6.07) is 7.52. The summed E-state index contributed by atoms with van der Waals surface area (Å²) < 4.78 is 14.1. The molecule has 1 aliphatic rings. The Morgan fingerprint density at radius 1 is 1.07 bits per heavy atom. The quantitative estimate of drug-likeness (QED) is 0.263. The van der Waals surface area contributed by atoms with Gasteiger partial charge in [-0.2, -0.15) is 0 Å². The van der Waals surface area contributed by atoms with Gasteiger partial charge in [-0.05, 0) is 23.1 Å². The number of benzene rings is 1. The first kappa shape index (κ1) is 26.4. The zero-order chi connectivity index (χ0) is 22.9. The van der Waals surface area contributed by atoms with E-state index in [4.69, 9.17) is 9.47 Å². The van der Waals surface area contributed by atoms with E-state index in [0.717, 1.165) is 17.1 Å². The molecule has 2 nitrogen and oxygen atoms in total. The van der Waals surface area contributed by atoms with Crippen LogP contribution in [0.4, 0.5) is 0 Å². The predicted molar refractivity (Wildman–Crippen MR) is 128 cm³/mol. The fourth-order valence-electron chi connectivity index (χ4n) is 2.79. The minimum atomic E-state index is 0.0284. The van der Waals surface area contributed by atoms with E-state index in [1.165, 1.54) is 12.0 Å². The summed E-state index contributed by atoms with van der Waals surface area (Å²) in [4.78, 5) is 0. The molecule has 0 radical (unpaired) electrons. The van der Waals surface area contributed by atoms with Crippen molar-refractivity contribution >= 4 is 3.81 Å². The molecule has 0 unspecified atom stereocenters. The number of methoxy groups -OCH3 is 1. The van der Waals surface area contributed by atoms with Crippen LogP contribution in [0, 0.1) is 10.8 Å². The zero-order valence-electron chi connectivity index (χ0n) is 20.3. The second-order valence-corrected chi connectivity index (χ2v) is 12.7. The van der Waals surface area contributed by atoms with Gasteiger partial charge >= 0.3 is 90.6 Å². The Balaban J connectivity index is 0.000000311. The van der Waals surface area contributed by atoms with Gasteiger partial charge in [-0.25, -0.2) is 0 Å². The van der Waals surface area contributed by atoms with Crippen LogP contribution in [0.15, 0.2) is 70.4 Å². The van der Waals surface area contributed by atoms with Crippen molar-refractivity contribution in [2.24, 2.45) is 10.8 Å². The SMILES string of the molecule is C=CC(=COc1cccc(OC)c1)C(C)(C)C.C[C](C)=[Ti][C]1=CC(C(C)(C)C)=CC1. The molecular formula is C27H39O2Ti. The molecule has 0 heterocycles. The molecule has 0 saturated heterocycles. The van der Waals surface area contributed by atoms with Gasteiger partial charge in [0.15, 0.2) is 0 Å². The standard InChI is InChI=1S/C15H20O2.C9H13.C3H6.Ti/c1-6-12(15(2,3)4)11-17-14-9-7-8-13(10-14)16-5;1-9(2,3)8-6-4-5-7-8;1-3-2;/h6-11H,1H2,2-5H3;6-7H,4H2,1-3H3;1-2H3;. The molecule has 0 N–H and O–H groups in total. The second-order valence-electron chi connectivity index (χ2n) is 9.73. The molecule has 1 aromatic carbocycles. The molecule has 163 valence electrons. The van der Waals surface area contributed by atoms with Crippen LogP contribution in [0.2, 0.25) is 0 Å². The van der Waals surface area contributed by atoms with Crippen molar-refractivity contribution in [3.63, 3.8) is 0 Å². The van der Waals surface area contributed by atoms with Crippen LogP contribution in [0.5, 0.6) is 11.5 Å². The summed E-state index contributed by atoms with van der Waals surface area (Å²) >= 11 is 0.0803. The molecule has 30 heavy (non-hydrogen) atoms. The van der Waals surface area contributed by atoms with Crippen LogP contribution in [-0.4, -0.2) is 10.9 Å². The molecule has 0 aromatic heterocycles. The van der Waals surface area contributed by atoms with Crippen LogP contribution in [-0.2, 0) is 18.7 Å². The first-order valence-electron chi connectivity index (χ1n) is 10.5. The molecule has 0 aliphatic heterocycles. The summed E-state index contributed by atoms with van der Waals surface area (Å²) in [5.74, 6) is 1.54. The zero-order valence-corrected chi connectivity index (χ0v) is 21.9. The molecule has 0 saturated carbocycles. The Hall–Kier alpha value is -1.64. The Kier molecular flexibility index (Phi) is 10.3. The third-order valence-electron chi connectivity index (χ3n) is 4.60. The Morgan fingerprint density at radius 2 is 1.70 bits per heavy atom. The van der Waals surface area contributed by atoms with Crippen molar-refractivity contribution in [2.75, 3.05) is 7.11 Å². The average molecular weight is 443 g/mol. The molecule has 0 atom stereocenters. The number of ether oxygens (including phenoxy) is 2. The topological polar surface area (TPSA) is 18.5 Å². The van der Waals surface area contributed by atoms with E-state index in [-0.39, 0.29) is 24.1 Å². The Bertz CT molecular complexity index is 836. The normalized spacial score (nSPS) is 14.0. The van der Waals surface area contributed by atoms with E-state index in [1.807, 2.05) is 30.3 Å². The molecule has 0 bridgehead atoms. The Labute approximate surface area is 193 Å². The maximum absolute atomic E-state index is 5.61. The van der Waals surface area contributed by atoms with Crippen LogP contribution in [0.3, 0.4) is 0 Å². The van der Waals surface area contributed by atoms with E-state index in [2.05, 4.69) is 74.1 Å². The fraction of sp³-hybridized carbons (Fsp3) is 0.444. The van der Waals surface area contributed by atoms with Gasteiger partial charge in [0.2, 0.25) is 0 Å². The number of rotatable bonds is 5. The molecule has 0 amide bonds. The number of hydrogen-bond acceptors (Lipinski definition) is 2. The summed E-state index contributed by atoms with van der Waals surface area (Å²) in [5.41, 5.74) is 2.96. The van der Waals surface area contributed by atoms with Crippen LogP contribution >= 0.6 is 0 Å². The predicted octanol–water partition coefficient (Wildman–Crippen LogP) is 7.73. The van der Waals surface area contributed by atoms with Gasteiger partial charge in [-0.3, -0.25) is 0 Å². The molecule has 2 rings (SSSR count). The van der Waals surface area contributed by atoms with Gasteiger partial charge in [0.05, 0.1) is 13.4 Å². The van der Waals surface area contributed by atoms with Crippen molar-refractivity contribution in [1.29, 1.82) is 0 Å². The summed E-state index contributed by atoms with van der Waals surface area (Å²) in [7, 11) is 1.64. The van der Waals surface area contributed by atoms with Gasteiger partial charge < -0.3 is 9.47 Å². The van der Waals surface area contributed by atoms with Crippen molar-refractivity contribution < 1.29 is 28.2 Å². The molecule has 1 aliphatic carbocycles. The van der Waals surface area contributed by atoms with E-state index in [0.29, 0.717) is 5.41 Å². The van der Waals surface area contributed by atoms with Gasteiger partial charge in [0.1, 0.15) is 11.5 Å². The van der Waals surface area contributed by atoms with Crippen LogP contribution in [0.25, 0.3) is 0 Å². The van der Waals surface area contributed by atoms with Gasteiger partial charge in [-0.1, -0.05) is 39.5 Å². The first-order chi connectivity index (χ1) is 13.9. The molecule has 1 aromatic rings. The maximum atomic E-state index is 5.61. The number of allylic oxidation sites excluding steroid dienone is 6. The van der Waals surface area contributed by atoms with Crippen LogP contribution < -0.4 is 9.47 Å². The Morgan fingerprint density at radius 3 is 2.17 bits per heavy atom. The summed E-state index contributed by atoms with van der Waals surface area (Å²) in [5, 5.41) is 0. The molecular weight excluding hydrogens is 404 g/mol. The fourth-order valence-corrected chi connectivity index (χ4v) is 4.47.